The molecule has 2 aromatic carbocycles. The Hall–Kier alpha value is -4.07. The Kier molecular flexibility index (Phi) is 6.83. The number of rotatable bonds is 7. The van der Waals surface area contributed by atoms with Gasteiger partial charge in [-0.3, -0.25) is 25.2 Å². The van der Waals surface area contributed by atoms with Crippen LogP contribution in [0.15, 0.2) is 71.3 Å². The average Bonchev–Trinajstić information content (AvgIpc) is 3.21. The maximum absolute atomic E-state index is 12.0. The Morgan fingerprint density at radius 2 is 1.60 bits per heavy atom. The van der Waals surface area contributed by atoms with Crippen LogP contribution in [0.4, 0.5) is 0 Å². The molecule has 0 unspecified atom stereocenters. The van der Waals surface area contributed by atoms with E-state index in [0.717, 1.165) is 11.1 Å². The molecule has 0 saturated carbocycles. The molecule has 0 aliphatic rings. The van der Waals surface area contributed by atoms with E-state index in [0.29, 0.717) is 17.1 Å². The van der Waals surface area contributed by atoms with Crippen LogP contribution in [0.2, 0.25) is 0 Å². The van der Waals surface area contributed by atoms with E-state index in [4.69, 9.17) is 9.15 Å². The first kappa shape index (κ1) is 20.7. The smallest absolute Gasteiger partial charge is 0.276 e. The molecule has 3 amide bonds. The molecule has 0 radical (unpaired) electrons. The van der Waals surface area contributed by atoms with Gasteiger partial charge in [-0.2, -0.15) is 0 Å². The maximum Gasteiger partial charge on any atom is 0.276 e. The van der Waals surface area contributed by atoms with Crippen molar-refractivity contribution in [3.8, 4) is 16.9 Å². The number of hydrogen-bond acceptors (Lipinski definition) is 5. The van der Waals surface area contributed by atoms with Crippen LogP contribution in [0, 0.1) is 6.92 Å². The summed E-state index contributed by atoms with van der Waals surface area (Å²) in [5.74, 6) is -0.559. The Morgan fingerprint density at radius 3 is 2.33 bits per heavy atom. The number of furan rings is 1. The third-order valence-electron chi connectivity index (χ3n) is 4.18. The largest absolute Gasteiger partial charge is 0.483 e. The van der Waals surface area contributed by atoms with Crippen LogP contribution < -0.4 is 20.9 Å². The van der Waals surface area contributed by atoms with E-state index in [-0.39, 0.29) is 13.2 Å². The summed E-state index contributed by atoms with van der Waals surface area (Å²) in [6.45, 7) is 1.05. The van der Waals surface area contributed by atoms with E-state index < -0.39 is 17.7 Å². The maximum atomic E-state index is 12.0. The van der Waals surface area contributed by atoms with E-state index in [2.05, 4.69) is 16.2 Å². The van der Waals surface area contributed by atoms with Crippen LogP contribution in [0.25, 0.3) is 11.1 Å². The number of ether oxygens (including phenoxy) is 1. The lowest BCUT2D eigenvalue weighted by Crippen LogP contribution is -2.47. The quantitative estimate of drug-likeness (QED) is 0.520. The highest BCUT2D eigenvalue weighted by molar-refractivity contribution is 5.97. The van der Waals surface area contributed by atoms with Crippen molar-refractivity contribution in [2.75, 3.05) is 13.2 Å². The standard InChI is InChI=1S/C22H21N3O5/c1-15-17(11-12-29-15)22(28)23-13-20(26)24-25-21(27)14-30-19-10-6-5-9-18(19)16-7-3-2-4-8-16/h2-12H,13-14H2,1H3,(H,23,28)(H,24,26)(H,25,27). The predicted octanol–water partition coefficient (Wildman–Crippen LogP) is 2.21. The predicted molar refractivity (Wildman–Crippen MR) is 109 cm³/mol. The van der Waals surface area contributed by atoms with Crippen LogP contribution in [-0.2, 0) is 9.59 Å². The molecule has 3 aromatic rings. The summed E-state index contributed by atoms with van der Waals surface area (Å²) in [6.07, 6.45) is 1.39. The van der Waals surface area contributed by atoms with Gasteiger partial charge in [0.2, 0.25) is 0 Å². The summed E-state index contributed by atoms with van der Waals surface area (Å²) in [7, 11) is 0. The molecule has 0 aliphatic heterocycles. The van der Waals surface area contributed by atoms with Gasteiger partial charge in [-0.25, -0.2) is 0 Å². The van der Waals surface area contributed by atoms with Gasteiger partial charge in [0.25, 0.3) is 17.7 Å². The second-order valence-electron chi connectivity index (χ2n) is 6.32. The zero-order chi connectivity index (χ0) is 21.3. The lowest BCUT2D eigenvalue weighted by molar-refractivity contribution is -0.129. The molecule has 0 saturated heterocycles. The topological polar surface area (TPSA) is 110 Å². The molecular weight excluding hydrogens is 386 g/mol. The molecule has 8 heteroatoms. The molecule has 0 atom stereocenters. The molecule has 3 N–H and O–H groups in total. The van der Waals surface area contributed by atoms with Gasteiger partial charge in [-0.1, -0.05) is 48.5 Å². The first-order valence-corrected chi connectivity index (χ1v) is 9.22. The fraction of sp³-hybridized carbons (Fsp3) is 0.136. The molecule has 0 aliphatic carbocycles. The summed E-state index contributed by atoms with van der Waals surface area (Å²) in [6, 6.07) is 18.5. The molecule has 30 heavy (non-hydrogen) atoms. The Balaban J connectivity index is 1.44. The monoisotopic (exact) mass is 407 g/mol. The zero-order valence-electron chi connectivity index (χ0n) is 16.3. The van der Waals surface area contributed by atoms with Crippen molar-refractivity contribution in [1.29, 1.82) is 0 Å². The van der Waals surface area contributed by atoms with Crippen LogP contribution in [0.1, 0.15) is 16.1 Å². The van der Waals surface area contributed by atoms with E-state index in [1.807, 2.05) is 48.5 Å². The second kappa shape index (κ2) is 9.92. The minimum Gasteiger partial charge on any atom is -0.483 e. The van der Waals surface area contributed by atoms with Crippen molar-refractivity contribution in [3.63, 3.8) is 0 Å². The van der Waals surface area contributed by atoms with Crippen LogP contribution in [-0.4, -0.2) is 30.9 Å². The lowest BCUT2D eigenvalue weighted by atomic mass is 10.1. The summed E-state index contributed by atoms with van der Waals surface area (Å²) in [4.78, 5) is 35.7. The normalized spacial score (nSPS) is 10.2. The summed E-state index contributed by atoms with van der Waals surface area (Å²) >= 11 is 0. The second-order valence-corrected chi connectivity index (χ2v) is 6.32. The van der Waals surface area contributed by atoms with Gasteiger partial charge in [0, 0.05) is 5.56 Å². The van der Waals surface area contributed by atoms with Crippen LogP contribution in [0.3, 0.4) is 0 Å². The van der Waals surface area contributed by atoms with E-state index >= 15 is 0 Å². The van der Waals surface area contributed by atoms with Crippen molar-refractivity contribution in [2.24, 2.45) is 0 Å². The highest BCUT2D eigenvalue weighted by Crippen LogP contribution is 2.29. The zero-order valence-corrected chi connectivity index (χ0v) is 16.3. The molecule has 0 fully saturated rings. The molecule has 1 heterocycles. The lowest BCUT2D eigenvalue weighted by Gasteiger charge is -2.12. The molecular formula is C22H21N3O5. The number of carbonyl (C=O) groups is 3. The number of carbonyl (C=O) groups excluding carboxylic acids is 3. The number of amides is 3. The minimum atomic E-state index is -0.581. The number of nitrogens with one attached hydrogen (secondary N) is 3. The summed E-state index contributed by atoms with van der Waals surface area (Å²) in [5, 5.41) is 2.44. The minimum absolute atomic E-state index is 0.287. The van der Waals surface area contributed by atoms with Gasteiger partial charge in [0.1, 0.15) is 11.5 Å². The van der Waals surface area contributed by atoms with Crippen molar-refractivity contribution in [3.05, 3.63) is 78.3 Å². The van der Waals surface area contributed by atoms with Crippen molar-refractivity contribution < 1.29 is 23.5 Å². The Labute approximate surface area is 173 Å². The Morgan fingerprint density at radius 1 is 0.900 bits per heavy atom. The summed E-state index contributed by atoms with van der Waals surface area (Å²) in [5.41, 5.74) is 6.63. The fourth-order valence-corrected chi connectivity index (χ4v) is 2.69. The SMILES string of the molecule is Cc1occc1C(=O)NCC(=O)NNC(=O)COc1ccccc1-c1ccccc1. The average molecular weight is 407 g/mol. The first-order valence-electron chi connectivity index (χ1n) is 9.22. The summed E-state index contributed by atoms with van der Waals surface area (Å²) < 4.78 is 10.6. The Bertz CT molecular complexity index is 1030. The molecule has 0 bridgehead atoms. The molecule has 3 rings (SSSR count). The van der Waals surface area contributed by atoms with Crippen LogP contribution in [0.5, 0.6) is 5.75 Å². The number of aryl methyl sites for hydroxylation is 1. The fourth-order valence-electron chi connectivity index (χ4n) is 2.69. The van der Waals surface area contributed by atoms with Gasteiger partial charge in [-0.15, -0.1) is 0 Å². The number of benzene rings is 2. The van der Waals surface area contributed by atoms with Gasteiger partial charge in [-0.05, 0) is 24.6 Å². The van der Waals surface area contributed by atoms with Gasteiger partial charge < -0.3 is 14.5 Å². The van der Waals surface area contributed by atoms with Crippen molar-refractivity contribution in [1.82, 2.24) is 16.2 Å². The molecule has 1 aromatic heterocycles. The van der Waals surface area contributed by atoms with E-state index in [9.17, 15) is 14.4 Å². The van der Waals surface area contributed by atoms with Crippen molar-refractivity contribution >= 4 is 17.7 Å². The van der Waals surface area contributed by atoms with Gasteiger partial charge in [0.05, 0.1) is 18.4 Å². The molecule has 8 nitrogen and oxygen atoms in total. The molecule has 0 spiro atoms. The third kappa shape index (κ3) is 5.48. The van der Waals surface area contributed by atoms with Gasteiger partial charge >= 0.3 is 0 Å². The van der Waals surface area contributed by atoms with Crippen LogP contribution >= 0.6 is 0 Å². The number of hydrogen-bond donors (Lipinski definition) is 3. The molecule has 154 valence electrons. The highest BCUT2D eigenvalue weighted by atomic mass is 16.5. The van der Waals surface area contributed by atoms with Crippen molar-refractivity contribution in [2.45, 2.75) is 6.92 Å². The third-order valence-corrected chi connectivity index (χ3v) is 4.18. The van der Waals surface area contributed by atoms with E-state index in [1.165, 1.54) is 12.3 Å². The number of hydrazine groups is 1. The first-order chi connectivity index (χ1) is 14.5. The van der Waals surface area contributed by atoms with E-state index in [1.54, 1.807) is 13.0 Å². The highest BCUT2D eigenvalue weighted by Gasteiger charge is 2.13. The van der Waals surface area contributed by atoms with Gasteiger partial charge in [0.15, 0.2) is 6.61 Å². The number of para-hydroxylation sites is 1.